The van der Waals surface area contributed by atoms with Crippen LogP contribution in [0.4, 0.5) is 0 Å². The lowest BCUT2D eigenvalue weighted by molar-refractivity contribution is -0.126. The summed E-state index contributed by atoms with van der Waals surface area (Å²) < 4.78 is 0. The van der Waals surface area contributed by atoms with Gasteiger partial charge in [-0.1, -0.05) is 13.8 Å². The van der Waals surface area contributed by atoms with E-state index in [9.17, 15) is 9.90 Å². The molecule has 0 aromatic rings. The molecule has 0 aliphatic carbocycles. The summed E-state index contributed by atoms with van der Waals surface area (Å²) in [5, 5.41) is 15.4. The smallest absolute Gasteiger partial charge is 0.240 e. The van der Waals surface area contributed by atoms with Crippen molar-refractivity contribution in [1.82, 2.24) is 10.6 Å². The second-order valence-electron chi connectivity index (χ2n) is 4.26. The van der Waals surface area contributed by atoms with Crippen LogP contribution in [0.25, 0.3) is 0 Å². The number of amides is 1. The molecule has 1 unspecified atom stereocenters. The van der Waals surface area contributed by atoms with Crippen LogP contribution in [0.2, 0.25) is 0 Å². The molecule has 15 heavy (non-hydrogen) atoms. The molecule has 4 heteroatoms. The highest BCUT2D eigenvalue weighted by Gasteiger charge is 2.34. The van der Waals surface area contributed by atoms with Crippen molar-refractivity contribution in [3.05, 3.63) is 6.92 Å². The Labute approximate surface area is 91.4 Å². The van der Waals surface area contributed by atoms with Crippen LogP contribution in [0.5, 0.6) is 0 Å². The van der Waals surface area contributed by atoms with E-state index in [2.05, 4.69) is 17.6 Å². The molecule has 1 radical (unpaired) electrons. The molecule has 1 fully saturated rings. The van der Waals surface area contributed by atoms with Gasteiger partial charge in [0, 0.05) is 5.54 Å². The van der Waals surface area contributed by atoms with Crippen LogP contribution in [0, 0.1) is 6.92 Å². The van der Waals surface area contributed by atoms with Crippen LogP contribution >= 0.6 is 0 Å². The fourth-order valence-corrected chi connectivity index (χ4v) is 1.72. The Morgan fingerprint density at radius 1 is 1.60 bits per heavy atom. The molecule has 0 spiro atoms. The van der Waals surface area contributed by atoms with Crippen molar-refractivity contribution in [3.63, 3.8) is 0 Å². The van der Waals surface area contributed by atoms with Crippen molar-refractivity contribution in [1.29, 1.82) is 0 Å². The first kappa shape index (κ1) is 12.5. The van der Waals surface area contributed by atoms with E-state index in [1.54, 1.807) is 0 Å². The van der Waals surface area contributed by atoms with Crippen molar-refractivity contribution in [2.75, 3.05) is 6.54 Å². The summed E-state index contributed by atoms with van der Waals surface area (Å²) in [6.45, 7) is 8.69. The standard InChI is InChI=1S/C11H21N2O2/c1-4-11(3,5-2)13-10(15)9-8(14)6-7-12-9/h8-9,12,14H,3-7H2,1-2H3,(H,13,15)/t8?,9-/m0/s1. The third kappa shape index (κ3) is 2.92. The minimum Gasteiger partial charge on any atom is -0.391 e. The fourth-order valence-electron chi connectivity index (χ4n) is 1.72. The summed E-state index contributed by atoms with van der Waals surface area (Å²) in [5.41, 5.74) is -0.402. The first-order chi connectivity index (χ1) is 7.02. The Balaban J connectivity index is 2.54. The van der Waals surface area contributed by atoms with Gasteiger partial charge >= 0.3 is 0 Å². The zero-order valence-corrected chi connectivity index (χ0v) is 9.55. The van der Waals surface area contributed by atoms with Gasteiger partial charge < -0.3 is 15.7 Å². The minimum absolute atomic E-state index is 0.140. The number of nitrogens with one attached hydrogen (secondary N) is 2. The molecule has 4 nitrogen and oxygen atoms in total. The van der Waals surface area contributed by atoms with Gasteiger partial charge in [0.1, 0.15) is 6.04 Å². The lowest BCUT2D eigenvalue weighted by atomic mass is 9.95. The second kappa shape index (κ2) is 4.94. The monoisotopic (exact) mass is 213 g/mol. The quantitative estimate of drug-likeness (QED) is 0.626. The van der Waals surface area contributed by atoms with Gasteiger partial charge in [-0.05, 0) is 32.7 Å². The number of aliphatic hydroxyl groups excluding tert-OH is 1. The van der Waals surface area contributed by atoms with E-state index in [-0.39, 0.29) is 5.91 Å². The molecule has 1 saturated heterocycles. The molecular weight excluding hydrogens is 192 g/mol. The predicted molar refractivity (Wildman–Crippen MR) is 59.2 cm³/mol. The van der Waals surface area contributed by atoms with Gasteiger partial charge in [-0.25, -0.2) is 0 Å². The summed E-state index contributed by atoms with van der Waals surface area (Å²) >= 11 is 0. The molecule has 1 aliphatic heterocycles. The fraction of sp³-hybridized carbons (Fsp3) is 0.818. The van der Waals surface area contributed by atoms with Crippen molar-refractivity contribution < 1.29 is 9.90 Å². The maximum atomic E-state index is 11.8. The molecule has 3 N–H and O–H groups in total. The van der Waals surface area contributed by atoms with Gasteiger partial charge in [0.05, 0.1) is 6.10 Å². The van der Waals surface area contributed by atoms with Crippen LogP contribution in [0.15, 0.2) is 0 Å². The normalized spacial score (nSPS) is 26.7. The second-order valence-corrected chi connectivity index (χ2v) is 4.26. The molecule has 1 aliphatic rings. The number of hydrogen-bond donors (Lipinski definition) is 3. The van der Waals surface area contributed by atoms with Crippen molar-refractivity contribution in [2.45, 2.75) is 50.8 Å². The predicted octanol–water partition coefficient (Wildman–Crippen LogP) is 0.218. The van der Waals surface area contributed by atoms with Gasteiger partial charge in [-0.2, -0.15) is 0 Å². The first-order valence-electron chi connectivity index (χ1n) is 5.61. The minimum atomic E-state index is -0.567. The van der Waals surface area contributed by atoms with Crippen molar-refractivity contribution >= 4 is 5.91 Å². The molecule has 0 bridgehead atoms. The lowest BCUT2D eigenvalue weighted by Gasteiger charge is -2.30. The third-order valence-electron chi connectivity index (χ3n) is 3.21. The van der Waals surface area contributed by atoms with E-state index in [1.165, 1.54) is 0 Å². The zero-order chi connectivity index (χ0) is 11.5. The highest BCUT2D eigenvalue weighted by molar-refractivity contribution is 5.83. The third-order valence-corrected chi connectivity index (χ3v) is 3.21. The summed E-state index contributed by atoms with van der Waals surface area (Å²) in [4.78, 5) is 11.8. The van der Waals surface area contributed by atoms with Gasteiger partial charge in [-0.3, -0.25) is 4.79 Å². The average Bonchev–Trinajstić information content (AvgIpc) is 2.64. The van der Waals surface area contributed by atoms with Crippen LogP contribution < -0.4 is 10.6 Å². The highest BCUT2D eigenvalue weighted by Crippen LogP contribution is 2.15. The molecule has 1 rings (SSSR count). The number of carbonyl (C=O) groups excluding carboxylic acids is 1. The van der Waals surface area contributed by atoms with E-state index in [0.29, 0.717) is 13.0 Å². The van der Waals surface area contributed by atoms with E-state index < -0.39 is 17.7 Å². The number of hydrogen-bond acceptors (Lipinski definition) is 3. The lowest BCUT2D eigenvalue weighted by Crippen LogP contribution is -2.54. The SMILES string of the molecule is [CH2]C(CC)(CC)NC(=O)[C@H]1NCCC1O. The Morgan fingerprint density at radius 3 is 2.60 bits per heavy atom. The summed E-state index contributed by atoms with van der Waals surface area (Å²) in [7, 11) is 0. The Hall–Kier alpha value is -0.610. The summed E-state index contributed by atoms with van der Waals surface area (Å²) in [6.07, 6.45) is 1.65. The molecular formula is C11H21N2O2. The van der Waals surface area contributed by atoms with Crippen molar-refractivity contribution in [2.24, 2.45) is 0 Å². The maximum Gasteiger partial charge on any atom is 0.240 e. The van der Waals surface area contributed by atoms with Crippen LogP contribution in [-0.2, 0) is 4.79 Å². The first-order valence-corrected chi connectivity index (χ1v) is 5.61. The molecule has 0 aromatic carbocycles. The molecule has 1 amide bonds. The van der Waals surface area contributed by atoms with Gasteiger partial charge in [-0.15, -0.1) is 0 Å². The van der Waals surface area contributed by atoms with E-state index in [1.807, 2.05) is 13.8 Å². The van der Waals surface area contributed by atoms with Crippen LogP contribution in [0.3, 0.4) is 0 Å². The summed E-state index contributed by atoms with van der Waals surface area (Å²) in [5.74, 6) is -0.140. The number of rotatable bonds is 4. The summed E-state index contributed by atoms with van der Waals surface area (Å²) in [6, 6.07) is -0.468. The molecule has 0 saturated carbocycles. The van der Waals surface area contributed by atoms with E-state index in [4.69, 9.17) is 0 Å². The number of carbonyl (C=O) groups is 1. The van der Waals surface area contributed by atoms with Crippen molar-refractivity contribution in [3.8, 4) is 0 Å². The van der Waals surface area contributed by atoms with E-state index >= 15 is 0 Å². The van der Waals surface area contributed by atoms with Gasteiger partial charge in [0.2, 0.25) is 5.91 Å². The Morgan fingerprint density at radius 2 is 2.20 bits per heavy atom. The average molecular weight is 213 g/mol. The maximum absolute atomic E-state index is 11.8. The highest BCUT2D eigenvalue weighted by atomic mass is 16.3. The number of aliphatic hydroxyl groups is 1. The van der Waals surface area contributed by atoms with Gasteiger partial charge in [0.15, 0.2) is 0 Å². The molecule has 0 aromatic heterocycles. The van der Waals surface area contributed by atoms with E-state index in [0.717, 1.165) is 12.8 Å². The molecule has 87 valence electrons. The molecule has 2 atom stereocenters. The van der Waals surface area contributed by atoms with Gasteiger partial charge in [0.25, 0.3) is 0 Å². The largest absolute Gasteiger partial charge is 0.391 e. The Kier molecular flexibility index (Phi) is 4.11. The zero-order valence-electron chi connectivity index (χ0n) is 9.55. The van der Waals surface area contributed by atoms with Crippen LogP contribution in [0.1, 0.15) is 33.1 Å². The van der Waals surface area contributed by atoms with Crippen LogP contribution in [-0.4, -0.2) is 35.2 Å². The molecule has 1 heterocycles. The topological polar surface area (TPSA) is 61.4 Å². The Bertz CT molecular complexity index is 227.